The molecule has 2 aliphatic heterocycles. The molecule has 4 heterocycles. The minimum atomic E-state index is -2.11. The molecule has 0 aliphatic carbocycles. The maximum absolute atomic E-state index is 13.6. The minimum absolute atomic E-state index is 0.356. The molecule has 0 saturated heterocycles. The zero-order valence-corrected chi connectivity index (χ0v) is 30.6. The first-order chi connectivity index (χ1) is 22.6. The topological polar surface area (TPSA) is 106 Å². The molecule has 10 heteroatoms. The van der Waals surface area contributed by atoms with Gasteiger partial charge in [-0.1, -0.05) is 77.9 Å². The number of aromatic amines is 1. The van der Waals surface area contributed by atoms with Gasteiger partial charge in [-0.05, 0) is 43.0 Å². The molecule has 0 fully saturated rings. The van der Waals surface area contributed by atoms with Gasteiger partial charge in [-0.25, -0.2) is 4.79 Å². The van der Waals surface area contributed by atoms with Crippen LogP contribution in [0.2, 0.25) is 16.6 Å². The number of carbonyl (C=O) groups is 3. The predicted octanol–water partition coefficient (Wildman–Crippen LogP) is 8.13. The maximum atomic E-state index is 13.6. The normalized spacial score (nSPS) is 15.9. The molecule has 2 aromatic heterocycles. The SMILES string of the molecule is CC(C)[Si](OCc1cccc2c(C3=C(c4cn5c6c(cccc46)CN(C(=O)OC(C)(C)C)CC5)C(=O)NC3=O)c[nH]c12)(C(C)C)C(C)C. The first-order valence-corrected chi connectivity index (χ1v) is 19.2. The molecule has 3 amide bonds. The molecular formula is C38H48N4O5Si. The fourth-order valence-corrected chi connectivity index (χ4v) is 13.6. The molecule has 0 bridgehead atoms. The third-order valence-corrected chi connectivity index (χ3v) is 16.1. The molecule has 6 rings (SSSR count). The number of rotatable bonds is 8. The number of carbonyl (C=O) groups excluding carboxylic acids is 3. The number of aromatic nitrogens is 2. The van der Waals surface area contributed by atoms with Crippen molar-refractivity contribution in [1.29, 1.82) is 0 Å². The first-order valence-electron chi connectivity index (χ1n) is 17.1. The number of hydrogen-bond donors (Lipinski definition) is 2. The van der Waals surface area contributed by atoms with E-state index in [9.17, 15) is 14.4 Å². The molecule has 254 valence electrons. The zero-order valence-electron chi connectivity index (χ0n) is 29.6. The van der Waals surface area contributed by atoms with Gasteiger partial charge in [-0.2, -0.15) is 0 Å². The Morgan fingerprint density at radius 1 is 0.875 bits per heavy atom. The molecule has 48 heavy (non-hydrogen) atoms. The quantitative estimate of drug-likeness (QED) is 0.146. The number of para-hydroxylation sites is 2. The van der Waals surface area contributed by atoms with Gasteiger partial charge >= 0.3 is 6.09 Å². The van der Waals surface area contributed by atoms with E-state index in [1.807, 2.05) is 63.5 Å². The van der Waals surface area contributed by atoms with Gasteiger partial charge in [-0.3, -0.25) is 14.9 Å². The summed E-state index contributed by atoms with van der Waals surface area (Å²) in [4.78, 5) is 45.3. The standard InChI is InChI=1S/C38H48N4O5Si/c1-22(2)48(23(3)4,24(5)6)46-21-26-13-11-14-27-29(18-39-33(26)27)31-32(36(44)40-35(31)43)30-20-41-16-17-42(37(45)47-38(7,8)9)19-25-12-10-15-28(30)34(25)41/h10-15,18,20,22-24,39H,16-17,19,21H2,1-9H3,(H,40,43,44). The van der Waals surface area contributed by atoms with Gasteiger partial charge in [0.2, 0.25) is 8.32 Å². The lowest BCUT2D eigenvalue weighted by molar-refractivity contribution is -0.122. The Morgan fingerprint density at radius 2 is 1.50 bits per heavy atom. The van der Waals surface area contributed by atoms with E-state index in [-0.39, 0.29) is 6.09 Å². The Hall–Kier alpha value is -4.15. The maximum Gasteiger partial charge on any atom is 0.410 e. The van der Waals surface area contributed by atoms with E-state index in [2.05, 4.69) is 62.5 Å². The lowest BCUT2D eigenvalue weighted by Crippen LogP contribution is -2.47. The number of nitrogens with one attached hydrogen (secondary N) is 2. The minimum Gasteiger partial charge on any atom is -0.444 e. The van der Waals surface area contributed by atoms with Crippen molar-refractivity contribution in [2.45, 2.75) is 104 Å². The van der Waals surface area contributed by atoms with Crippen LogP contribution in [0.25, 0.3) is 33.0 Å². The van der Waals surface area contributed by atoms with Crippen LogP contribution in [0.3, 0.4) is 0 Å². The molecule has 4 aromatic rings. The number of fused-ring (bicyclic) bond motifs is 1. The van der Waals surface area contributed by atoms with Crippen molar-refractivity contribution in [3.05, 3.63) is 71.0 Å². The average molecular weight is 669 g/mol. The van der Waals surface area contributed by atoms with E-state index >= 15 is 0 Å². The number of amides is 3. The number of nitrogens with zero attached hydrogens (tertiary/aromatic N) is 2. The summed E-state index contributed by atoms with van der Waals surface area (Å²) in [6.45, 7) is 21.1. The van der Waals surface area contributed by atoms with E-state index in [1.165, 1.54) is 0 Å². The highest BCUT2D eigenvalue weighted by molar-refractivity contribution is 6.77. The summed E-state index contributed by atoms with van der Waals surface area (Å²) in [7, 11) is -2.11. The monoisotopic (exact) mass is 668 g/mol. The molecule has 0 radical (unpaired) electrons. The van der Waals surface area contributed by atoms with Crippen molar-refractivity contribution in [3.63, 3.8) is 0 Å². The van der Waals surface area contributed by atoms with Crippen molar-refractivity contribution in [3.8, 4) is 0 Å². The summed E-state index contributed by atoms with van der Waals surface area (Å²) >= 11 is 0. The highest BCUT2D eigenvalue weighted by Crippen LogP contribution is 2.44. The van der Waals surface area contributed by atoms with Gasteiger partial charge in [-0.15, -0.1) is 0 Å². The molecule has 2 N–H and O–H groups in total. The molecule has 2 aromatic carbocycles. The second kappa shape index (κ2) is 12.4. The smallest absolute Gasteiger partial charge is 0.410 e. The summed E-state index contributed by atoms with van der Waals surface area (Å²) in [5.74, 6) is -0.828. The van der Waals surface area contributed by atoms with Crippen LogP contribution in [0, 0.1) is 0 Å². The molecule has 0 saturated carbocycles. The average Bonchev–Trinajstić information content (AvgIpc) is 3.62. The summed E-state index contributed by atoms with van der Waals surface area (Å²) in [6, 6.07) is 12.0. The number of hydrogen-bond acceptors (Lipinski definition) is 5. The Bertz CT molecular complexity index is 1940. The predicted molar refractivity (Wildman–Crippen MR) is 193 cm³/mol. The largest absolute Gasteiger partial charge is 0.444 e. The second-order valence-electron chi connectivity index (χ2n) is 15.1. The van der Waals surface area contributed by atoms with E-state index in [4.69, 9.17) is 9.16 Å². The van der Waals surface area contributed by atoms with Gasteiger partial charge in [0.05, 0.1) is 35.3 Å². The lowest BCUT2D eigenvalue weighted by Gasteiger charge is -2.42. The third kappa shape index (κ3) is 5.68. The highest BCUT2D eigenvalue weighted by Gasteiger charge is 2.45. The van der Waals surface area contributed by atoms with Crippen molar-refractivity contribution < 1.29 is 23.5 Å². The number of H-pyrrole nitrogens is 1. The van der Waals surface area contributed by atoms with Crippen molar-refractivity contribution >= 4 is 59.2 Å². The van der Waals surface area contributed by atoms with E-state index in [0.29, 0.717) is 65.1 Å². The Balaban J connectivity index is 1.41. The van der Waals surface area contributed by atoms with Crippen LogP contribution in [0.4, 0.5) is 4.79 Å². The molecular weight excluding hydrogens is 621 g/mol. The van der Waals surface area contributed by atoms with Gasteiger partial charge in [0.1, 0.15) is 5.60 Å². The van der Waals surface area contributed by atoms with E-state index < -0.39 is 25.7 Å². The van der Waals surface area contributed by atoms with Crippen LogP contribution in [0.1, 0.15) is 84.6 Å². The Morgan fingerprint density at radius 3 is 2.15 bits per heavy atom. The van der Waals surface area contributed by atoms with Gasteiger partial charge < -0.3 is 23.6 Å². The molecule has 0 unspecified atom stereocenters. The molecule has 9 nitrogen and oxygen atoms in total. The Labute approximate surface area is 283 Å². The third-order valence-electron chi connectivity index (χ3n) is 10.1. The van der Waals surface area contributed by atoms with Crippen LogP contribution < -0.4 is 5.32 Å². The number of ether oxygens (including phenoxy) is 1. The number of imide groups is 1. The van der Waals surface area contributed by atoms with Crippen molar-refractivity contribution in [1.82, 2.24) is 19.8 Å². The molecule has 0 atom stereocenters. The van der Waals surface area contributed by atoms with Crippen LogP contribution >= 0.6 is 0 Å². The first kappa shape index (κ1) is 33.7. The molecule has 2 aliphatic rings. The van der Waals surface area contributed by atoms with Crippen LogP contribution in [-0.4, -0.2) is 52.8 Å². The zero-order chi connectivity index (χ0) is 34.7. The fourth-order valence-electron chi connectivity index (χ4n) is 8.15. The summed E-state index contributed by atoms with van der Waals surface area (Å²) in [6.07, 6.45) is 3.43. The second-order valence-corrected chi connectivity index (χ2v) is 20.6. The summed E-state index contributed by atoms with van der Waals surface area (Å²) < 4.78 is 14.7. The van der Waals surface area contributed by atoms with Crippen LogP contribution in [0.5, 0.6) is 0 Å². The van der Waals surface area contributed by atoms with Crippen molar-refractivity contribution in [2.75, 3.05) is 6.54 Å². The highest BCUT2D eigenvalue weighted by atomic mass is 28.4. The van der Waals surface area contributed by atoms with Crippen LogP contribution in [-0.2, 0) is 38.4 Å². The van der Waals surface area contributed by atoms with Gasteiger partial charge in [0, 0.05) is 52.9 Å². The Kier molecular flexibility index (Phi) is 8.70. The van der Waals surface area contributed by atoms with Crippen LogP contribution in [0.15, 0.2) is 48.8 Å². The summed E-state index contributed by atoms with van der Waals surface area (Å²) in [5.41, 5.74) is 6.72. The van der Waals surface area contributed by atoms with Crippen molar-refractivity contribution in [2.24, 2.45) is 0 Å². The fraction of sp³-hybridized carbons (Fsp3) is 0.447. The van der Waals surface area contributed by atoms with Gasteiger partial charge in [0.15, 0.2) is 0 Å². The van der Waals surface area contributed by atoms with E-state index in [0.717, 1.165) is 32.9 Å². The molecule has 0 spiro atoms. The van der Waals surface area contributed by atoms with E-state index in [1.54, 1.807) is 4.90 Å². The summed E-state index contributed by atoms with van der Waals surface area (Å²) in [5, 5.41) is 4.32. The lowest BCUT2D eigenvalue weighted by atomic mass is 9.94. The number of benzene rings is 2. The van der Waals surface area contributed by atoms with Gasteiger partial charge in [0.25, 0.3) is 11.8 Å².